The highest BCUT2D eigenvalue weighted by Crippen LogP contribution is 2.05. The maximum atomic E-state index is 12.3. The molecule has 0 saturated heterocycles. The lowest BCUT2D eigenvalue weighted by atomic mass is 10.2. The van der Waals surface area contributed by atoms with Crippen molar-refractivity contribution < 1.29 is 10.0 Å². The lowest BCUT2D eigenvalue weighted by Crippen LogP contribution is -2.44. The molecule has 0 aliphatic carbocycles. The number of amidine groups is 1. The van der Waals surface area contributed by atoms with Gasteiger partial charge < -0.3 is 20.8 Å². The van der Waals surface area contributed by atoms with Crippen LogP contribution in [-0.2, 0) is 0 Å². The summed E-state index contributed by atoms with van der Waals surface area (Å²) in [6.45, 7) is 5.25. The SMILES string of the molecule is Cc1cc(=O)c(C(=O)N(CC(N)=NO)C(C)C)c[nH]1. The molecule has 0 radical (unpaired) electrons. The summed E-state index contributed by atoms with van der Waals surface area (Å²) in [6, 6.07) is 1.17. The second-order valence-electron chi connectivity index (χ2n) is 4.51. The molecule has 1 heterocycles. The fraction of sp³-hybridized carbons (Fsp3) is 0.417. The number of rotatable bonds is 4. The Bertz CT molecular complexity index is 548. The van der Waals surface area contributed by atoms with Crippen LogP contribution >= 0.6 is 0 Å². The number of nitrogens with zero attached hydrogens (tertiary/aromatic N) is 2. The number of nitrogens with one attached hydrogen (secondary N) is 1. The number of aromatic amines is 1. The summed E-state index contributed by atoms with van der Waals surface area (Å²) in [6.07, 6.45) is 1.38. The number of hydrogen-bond donors (Lipinski definition) is 3. The van der Waals surface area contributed by atoms with Crippen molar-refractivity contribution in [3.05, 3.63) is 33.7 Å². The van der Waals surface area contributed by atoms with Crippen molar-refractivity contribution in [2.45, 2.75) is 26.8 Å². The van der Waals surface area contributed by atoms with Gasteiger partial charge in [0.2, 0.25) is 0 Å². The monoisotopic (exact) mass is 266 g/mol. The van der Waals surface area contributed by atoms with E-state index in [0.29, 0.717) is 5.69 Å². The standard InChI is InChI=1S/C12H18N4O3/c1-7(2)16(6-11(13)15-19)12(18)9-5-14-8(3)4-10(9)17/h4-5,7,19H,6H2,1-3H3,(H2,13,15)(H,14,17). The first-order chi connectivity index (χ1) is 8.86. The second kappa shape index (κ2) is 6.03. The molecule has 7 heteroatoms. The van der Waals surface area contributed by atoms with Gasteiger partial charge in [0.15, 0.2) is 11.3 Å². The molecule has 0 saturated carbocycles. The van der Waals surface area contributed by atoms with Crippen LogP contribution in [0.25, 0.3) is 0 Å². The van der Waals surface area contributed by atoms with Crippen molar-refractivity contribution >= 4 is 11.7 Å². The minimum atomic E-state index is -0.456. The Balaban J connectivity index is 3.09. The number of hydrogen-bond acceptors (Lipinski definition) is 4. The van der Waals surface area contributed by atoms with Gasteiger partial charge in [-0.2, -0.15) is 0 Å². The Labute approximate surface area is 110 Å². The van der Waals surface area contributed by atoms with Gasteiger partial charge in [0, 0.05) is 24.0 Å². The molecule has 0 atom stereocenters. The highest BCUT2D eigenvalue weighted by atomic mass is 16.4. The van der Waals surface area contributed by atoms with Crippen LogP contribution < -0.4 is 11.2 Å². The van der Waals surface area contributed by atoms with Crippen LogP contribution in [0.2, 0.25) is 0 Å². The quantitative estimate of drug-likeness (QED) is 0.314. The Morgan fingerprint density at radius 3 is 2.68 bits per heavy atom. The van der Waals surface area contributed by atoms with Gasteiger partial charge in [0.05, 0.1) is 6.54 Å². The zero-order valence-corrected chi connectivity index (χ0v) is 11.2. The zero-order valence-electron chi connectivity index (χ0n) is 11.2. The van der Waals surface area contributed by atoms with Crippen molar-refractivity contribution in [2.75, 3.05) is 6.54 Å². The van der Waals surface area contributed by atoms with Crippen molar-refractivity contribution in [3.63, 3.8) is 0 Å². The summed E-state index contributed by atoms with van der Waals surface area (Å²) < 4.78 is 0. The number of aromatic nitrogens is 1. The van der Waals surface area contributed by atoms with Gasteiger partial charge in [0.25, 0.3) is 5.91 Å². The molecule has 1 aromatic rings. The smallest absolute Gasteiger partial charge is 0.259 e. The molecular formula is C12H18N4O3. The van der Waals surface area contributed by atoms with Gasteiger partial charge in [-0.05, 0) is 20.8 Å². The summed E-state index contributed by atoms with van der Waals surface area (Å²) >= 11 is 0. The fourth-order valence-corrected chi connectivity index (χ4v) is 1.59. The summed E-state index contributed by atoms with van der Waals surface area (Å²) in [5.41, 5.74) is 5.76. The third-order valence-corrected chi connectivity index (χ3v) is 2.63. The largest absolute Gasteiger partial charge is 0.409 e. The van der Waals surface area contributed by atoms with Crippen LogP contribution in [0.15, 0.2) is 22.2 Å². The van der Waals surface area contributed by atoms with E-state index in [2.05, 4.69) is 10.1 Å². The molecule has 0 aromatic carbocycles. The van der Waals surface area contributed by atoms with E-state index in [-0.39, 0.29) is 29.4 Å². The Kier molecular flexibility index (Phi) is 4.68. The number of oxime groups is 1. The first-order valence-electron chi connectivity index (χ1n) is 5.83. The van der Waals surface area contributed by atoms with Gasteiger partial charge >= 0.3 is 0 Å². The second-order valence-corrected chi connectivity index (χ2v) is 4.51. The molecule has 0 unspecified atom stereocenters. The van der Waals surface area contributed by atoms with Crippen LogP contribution in [-0.4, -0.2) is 39.4 Å². The van der Waals surface area contributed by atoms with E-state index in [1.807, 2.05) is 0 Å². The number of aryl methyl sites for hydroxylation is 1. The number of carbonyl (C=O) groups is 1. The summed E-state index contributed by atoms with van der Waals surface area (Å²) in [5, 5.41) is 11.4. The van der Waals surface area contributed by atoms with Crippen LogP contribution in [0.4, 0.5) is 0 Å². The maximum absolute atomic E-state index is 12.3. The van der Waals surface area contributed by atoms with Crippen molar-refractivity contribution in [3.8, 4) is 0 Å². The molecule has 7 nitrogen and oxygen atoms in total. The Morgan fingerprint density at radius 2 is 2.21 bits per heavy atom. The van der Waals surface area contributed by atoms with Crippen molar-refractivity contribution in [1.82, 2.24) is 9.88 Å². The molecular weight excluding hydrogens is 248 g/mol. The van der Waals surface area contributed by atoms with E-state index < -0.39 is 5.91 Å². The van der Waals surface area contributed by atoms with Gasteiger partial charge in [-0.3, -0.25) is 9.59 Å². The van der Waals surface area contributed by atoms with Crippen LogP contribution in [0.5, 0.6) is 0 Å². The third-order valence-electron chi connectivity index (χ3n) is 2.63. The first kappa shape index (κ1) is 14.7. The molecule has 19 heavy (non-hydrogen) atoms. The number of amides is 1. The van der Waals surface area contributed by atoms with E-state index in [1.165, 1.54) is 17.2 Å². The summed E-state index contributed by atoms with van der Waals surface area (Å²) in [4.78, 5) is 28.2. The number of nitrogens with two attached hydrogens (primary N) is 1. The number of H-pyrrole nitrogens is 1. The van der Waals surface area contributed by atoms with E-state index in [9.17, 15) is 9.59 Å². The minimum absolute atomic E-state index is 0.0324. The van der Waals surface area contributed by atoms with Crippen LogP contribution in [0.1, 0.15) is 29.9 Å². The van der Waals surface area contributed by atoms with Crippen molar-refractivity contribution in [1.29, 1.82) is 0 Å². The fourth-order valence-electron chi connectivity index (χ4n) is 1.59. The maximum Gasteiger partial charge on any atom is 0.259 e. The molecule has 104 valence electrons. The van der Waals surface area contributed by atoms with E-state index in [4.69, 9.17) is 10.9 Å². The molecule has 0 bridgehead atoms. The van der Waals surface area contributed by atoms with Gasteiger partial charge in [-0.1, -0.05) is 5.16 Å². The normalized spacial score (nSPS) is 11.7. The molecule has 1 rings (SSSR count). The minimum Gasteiger partial charge on any atom is -0.409 e. The highest BCUT2D eigenvalue weighted by molar-refractivity contribution is 5.96. The van der Waals surface area contributed by atoms with Crippen LogP contribution in [0, 0.1) is 6.92 Å². The predicted octanol–water partition coefficient (Wildman–Crippen LogP) is 0.280. The molecule has 0 aliphatic rings. The van der Waals surface area contributed by atoms with Crippen molar-refractivity contribution in [2.24, 2.45) is 10.9 Å². The first-order valence-corrected chi connectivity index (χ1v) is 5.83. The average Bonchev–Trinajstić information content (AvgIpc) is 2.34. The molecule has 0 aliphatic heterocycles. The number of carbonyl (C=O) groups excluding carboxylic acids is 1. The zero-order chi connectivity index (χ0) is 14.6. The average molecular weight is 266 g/mol. The molecule has 0 spiro atoms. The Hall–Kier alpha value is -2.31. The Morgan fingerprint density at radius 1 is 1.58 bits per heavy atom. The van der Waals surface area contributed by atoms with E-state index in [0.717, 1.165) is 0 Å². The van der Waals surface area contributed by atoms with Gasteiger partial charge in [-0.15, -0.1) is 0 Å². The van der Waals surface area contributed by atoms with E-state index >= 15 is 0 Å². The molecule has 0 fully saturated rings. The predicted molar refractivity (Wildman–Crippen MR) is 71.4 cm³/mol. The molecule has 1 amide bonds. The number of pyridine rings is 1. The van der Waals surface area contributed by atoms with Gasteiger partial charge in [-0.25, -0.2) is 0 Å². The van der Waals surface area contributed by atoms with Gasteiger partial charge in [0.1, 0.15) is 5.56 Å². The third kappa shape index (κ3) is 3.57. The van der Waals surface area contributed by atoms with E-state index in [1.54, 1.807) is 20.8 Å². The lowest BCUT2D eigenvalue weighted by molar-refractivity contribution is 0.0732. The molecule has 4 N–H and O–H groups in total. The lowest BCUT2D eigenvalue weighted by Gasteiger charge is -2.25. The highest BCUT2D eigenvalue weighted by Gasteiger charge is 2.22. The topological polar surface area (TPSA) is 112 Å². The summed E-state index contributed by atoms with van der Waals surface area (Å²) in [7, 11) is 0. The summed E-state index contributed by atoms with van der Waals surface area (Å²) in [5.74, 6) is -0.548. The molecule has 1 aromatic heterocycles. The van der Waals surface area contributed by atoms with Crippen LogP contribution in [0.3, 0.4) is 0 Å².